The van der Waals surface area contributed by atoms with Crippen LogP contribution in [0.25, 0.3) is 10.8 Å². The molecule has 0 aliphatic carbocycles. The fraction of sp³-hybridized carbons (Fsp3) is 0.474. The van der Waals surface area contributed by atoms with E-state index < -0.39 is 0 Å². The summed E-state index contributed by atoms with van der Waals surface area (Å²) >= 11 is 0. The molecule has 0 spiro atoms. The Bertz CT molecular complexity index is 518. The van der Waals surface area contributed by atoms with Gasteiger partial charge in [-0.25, -0.2) is 0 Å². The van der Waals surface area contributed by atoms with E-state index in [9.17, 15) is 0 Å². The van der Waals surface area contributed by atoms with Gasteiger partial charge in [0.05, 0.1) is 6.61 Å². The number of benzene rings is 2. The number of unbranched alkanes of at least 4 members (excludes halogenated alkanes) is 3. The molecule has 0 radical (unpaired) electrons. The van der Waals surface area contributed by atoms with E-state index in [1.807, 2.05) is 0 Å². The predicted octanol–water partition coefficient (Wildman–Crippen LogP) is 4.18. The van der Waals surface area contributed by atoms with Crippen molar-refractivity contribution < 1.29 is 4.74 Å². The third-order valence-corrected chi connectivity index (χ3v) is 3.91. The quantitative estimate of drug-likeness (QED) is 0.661. The number of fused-ring (bicyclic) bond motifs is 1. The molecule has 2 aromatic carbocycles. The van der Waals surface area contributed by atoms with Crippen LogP contribution in [0.5, 0.6) is 0 Å². The number of rotatable bonds is 10. The second-order valence-electron chi connectivity index (χ2n) is 5.55. The van der Waals surface area contributed by atoms with Gasteiger partial charge in [-0.15, -0.1) is 0 Å². The first-order valence-electron chi connectivity index (χ1n) is 8.08. The van der Waals surface area contributed by atoms with E-state index in [1.54, 1.807) is 7.11 Å². The summed E-state index contributed by atoms with van der Waals surface area (Å²) in [6, 6.07) is 15.3. The average Bonchev–Trinajstić information content (AvgIpc) is 2.53. The Morgan fingerprint density at radius 2 is 1.67 bits per heavy atom. The Kier molecular flexibility index (Phi) is 7.27. The number of methoxy groups -OCH3 is 1. The monoisotopic (exact) mass is 285 g/mol. The fourth-order valence-electron chi connectivity index (χ4n) is 2.73. The van der Waals surface area contributed by atoms with Gasteiger partial charge in [-0.2, -0.15) is 0 Å². The molecular weight excluding hydrogens is 258 g/mol. The molecule has 2 aromatic rings. The standard InChI is InChI=1S/C19H27NO/c1-21-16-15-20-14-7-3-2-4-9-17-11-8-12-18-10-5-6-13-19(17)18/h5-6,8,10-13,20H,2-4,7,9,14-16H2,1H3. The first-order chi connectivity index (χ1) is 10.4. The average molecular weight is 285 g/mol. The van der Waals surface area contributed by atoms with Gasteiger partial charge in [0.25, 0.3) is 0 Å². The van der Waals surface area contributed by atoms with Crippen molar-refractivity contribution in [2.24, 2.45) is 0 Å². The SMILES string of the molecule is COCCNCCCCCCc1cccc2ccccc12. The van der Waals surface area contributed by atoms with Gasteiger partial charge in [0.15, 0.2) is 0 Å². The molecule has 0 bridgehead atoms. The summed E-state index contributed by atoms with van der Waals surface area (Å²) < 4.78 is 5.01. The number of hydrogen-bond acceptors (Lipinski definition) is 2. The van der Waals surface area contributed by atoms with Crippen molar-refractivity contribution >= 4 is 10.8 Å². The minimum Gasteiger partial charge on any atom is -0.383 e. The number of nitrogens with one attached hydrogen (secondary N) is 1. The minimum atomic E-state index is 0.807. The largest absolute Gasteiger partial charge is 0.383 e. The second kappa shape index (κ2) is 9.54. The second-order valence-corrected chi connectivity index (χ2v) is 5.55. The lowest BCUT2D eigenvalue weighted by Gasteiger charge is -2.07. The topological polar surface area (TPSA) is 21.3 Å². The van der Waals surface area contributed by atoms with Crippen molar-refractivity contribution in [3.05, 3.63) is 48.0 Å². The van der Waals surface area contributed by atoms with Crippen LogP contribution in [0.3, 0.4) is 0 Å². The third kappa shape index (κ3) is 5.49. The van der Waals surface area contributed by atoms with Gasteiger partial charge >= 0.3 is 0 Å². The van der Waals surface area contributed by atoms with Crippen LogP contribution in [0.4, 0.5) is 0 Å². The summed E-state index contributed by atoms with van der Waals surface area (Å²) in [4.78, 5) is 0. The highest BCUT2D eigenvalue weighted by Gasteiger charge is 2.00. The summed E-state index contributed by atoms with van der Waals surface area (Å²) in [5.74, 6) is 0. The maximum Gasteiger partial charge on any atom is 0.0587 e. The van der Waals surface area contributed by atoms with E-state index in [0.29, 0.717) is 0 Å². The lowest BCUT2D eigenvalue weighted by atomic mass is 9.99. The summed E-state index contributed by atoms with van der Waals surface area (Å²) in [7, 11) is 1.75. The van der Waals surface area contributed by atoms with Crippen molar-refractivity contribution in [1.29, 1.82) is 0 Å². The molecule has 0 aromatic heterocycles. The normalized spacial score (nSPS) is 11.1. The van der Waals surface area contributed by atoms with Crippen LogP contribution in [0.15, 0.2) is 42.5 Å². The first kappa shape index (κ1) is 16.0. The van der Waals surface area contributed by atoms with E-state index in [2.05, 4.69) is 47.8 Å². The van der Waals surface area contributed by atoms with E-state index in [4.69, 9.17) is 4.74 Å². The van der Waals surface area contributed by atoms with E-state index in [-0.39, 0.29) is 0 Å². The molecule has 0 heterocycles. The molecule has 114 valence electrons. The molecule has 0 aliphatic heterocycles. The van der Waals surface area contributed by atoms with Gasteiger partial charge in [-0.1, -0.05) is 55.3 Å². The fourth-order valence-corrected chi connectivity index (χ4v) is 2.73. The van der Waals surface area contributed by atoms with Crippen LogP contribution in [0.2, 0.25) is 0 Å². The van der Waals surface area contributed by atoms with Crippen molar-refractivity contribution in [3.8, 4) is 0 Å². The van der Waals surface area contributed by atoms with Crippen LogP contribution in [0, 0.1) is 0 Å². The summed E-state index contributed by atoms with van der Waals surface area (Å²) in [6.07, 6.45) is 6.36. The smallest absolute Gasteiger partial charge is 0.0587 e. The van der Waals surface area contributed by atoms with Crippen LogP contribution in [0.1, 0.15) is 31.2 Å². The van der Waals surface area contributed by atoms with Crippen LogP contribution in [-0.2, 0) is 11.2 Å². The Hall–Kier alpha value is -1.38. The van der Waals surface area contributed by atoms with Crippen molar-refractivity contribution in [2.45, 2.75) is 32.1 Å². The number of aryl methyl sites for hydroxylation is 1. The molecule has 0 fully saturated rings. The zero-order chi connectivity index (χ0) is 14.8. The molecule has 1 N–H and O–H groups in total. The van der Waals surface area contributed by atoms with Gasteiger partial charge in [0, 0.05) is 13.7 Å². The van der Waals surface area contributed by atoms with Crippen LogP contribution >= 0.6 is 0 Å². The van der Waals surface area contributed by atoms with Crippen LogP contribution in [-0.4, -0.2) is 26.8 Å². The third-order valence-electron chi connectivity index (χ3n) is 3.91. The lowest BCUT2D eigenvalue weighted by Crippen LogP contribution is -2.20. The van der Waals surface area contributed by atoms with E-state index >= 15 is 0 Å². The Balaban J connectivity index is 1.64. The van der Waals surface area contributed by atoms with Crippen molar-refractivity contribution in [2.75, 3.05) is 26.8 Å². The highest BCUT2D eigenvalue weighted by molar-refractivity contribution is 5.85. The molecule has 0 atom stereocenters. The Morgan fingerprint density at radius 3 is 2.57 bits per heavy atom. The summed E-state index contributed by atoms with van der Waals surface area (Å²) in [5, 5.41) is 6.17. The molecule has 21 heavy (non-hydrogen) atoms. The highest BCUT2D eigenvalue weighted by Crippen LogP contribution is 2.20. The highest BCUT2D eigenvalue weighted by atomic mass is 16.5. The Morgan fingerprint density at radius 1 is 0.857 bits per heavy atom. The number of hydrogen-bond donors (Lipinski definition) is 1. The van der Waals surface area contributed by atoms with Gasteiger partial charge in [0.2, 0.25) is 0 Å². The zero-order valence-electron chi connectivity index (χ0n) is 13.1. The molecule has 0 saturated heterocycles. The molecule has 0 aliphatic rings. The molecule has 0 amide bonds. The van der Waals surface area contributed by atoms with Crippen molar-refractivity contribution in [1.82, 2.24) is 5.32 Å². The Labute approximate surface area is 128 Å². The van der Waals surface area contributed by atoms with Gasteiger partial charge in [0.1, 0.15) is 0 Å². The van der Waals surface area contributed by atoms with Gasteiger partial charge in [-0.05, 0) is 42.1 Å². The predicted molar refractivity (Wildman–Crippen MR) is 90.9 cm³/mol. The van der Waals surface area contributed by atoms with Gasteiger partial charge < -0.3 is 10.1 Å². The van der Waals surface area contributed by atoms with Gasteiger partial charge in [-0.3, -0.25) is 0 Å². The molecule has 0 unspecified atom stereocenters. The number of ether oxygens (including phenoxy) is 1. The lowest BCUT2D eigenvalue weighted by molar-refractivity contribution is 0.199. The molecular formula is C19H27NO. The van der Waals surface area contributed by atoms with Crippen molar-refractivity contribution in [3.63, 3.8) is 0 Å². The van der Waals surface area contributed by atoms with Crippen LogP contribution < -0.4 is 5.32 Å². The molecule has 2 rings (SSSR count). The first-order valence-corrected chi connectivity index (χ1v) is 8.08. The summed E-state index contributed by atoms with van der Waals surface area (Å²) in [6.45, 7) is 2.88. The van der Waals surface area contributed by atoms with E-state index in [0.717, 1.165) is 19.7 Å². The minimum absolute atomic E-state index is 0.807. The maximum absolute atomic E-state index is 5.01. The molecule has 2 nitrogen and oxygen atoms in total. The molecule has 2 heteroatoms. The summed E-state index contributed by atoms with van der Waals surface area (Å²) in [5.41, 5.74) is 1.49. The maximum atomic E-state index is 5.01. The van der Waals surface area contributed by atoms with E-state index in [1.165, 1.54) is 48.4 Å². The molecule has 0 saturated carbocycles. The zero-order valence-corrected chi connectivity index (χ0v) is 13.1.